The van der Waals surface area contributed by atoms with E-state index in [-0.39, 0.29) is 5.60 Å². The zero-order valence-electron chi connectivity index (χ0n) is 16.6. The Morgan fingerprint density at radius 3 is 2.67 bits per heavy atom. The molecule has 0 unspecified atom stereocenters. The summed E-state index contributed by atoms with van der Waals surface area (Å²) < 4.78 is 6.43. The predicted octanol–water partition coefficient (Wildman–Crippen LogP) is 3.20. The van der Waals surface area contributed by atoms with Crippen LogP contribution in [0.4, 0.5) is 0 Å². The summed E-state index contributed by atoms with van der Waals surface area (Å²) in [5.41, 5.74) is 4.56. The van der Waals surface area contributed by atoms with E-state index in [0.717, 1.165) is 43.6 Å². The molecule has 4 rings (SSSR count). The van der Waals surface area contributed by atoms with Gasteiger partial charge in [-0.15, -0.1) is 0 Å². The number of carbonyl (C=O) groups is 1. The van der Waals surface area contributed by atoms with Gasteiger partial charge in [-0.1, -0.05) is 41.6 Å². The molecule has 1 fully saturated rings. The summed E-state index contributed by atoms with van der Waals surface area (Å²) in [6.07, 6.45) is 5.06. The van der Waals surface area contributed by atoms with Gasteiger partial charge in [-0.3, -0.25) is 14.9 Å². The first-order chi connectivity index (χ1) is 14.6. The molecule has 2 aromatic rings. The van der Waals surface area contributed by atoms with Crippen LogP contribution in [-0.2, 0) is 11.3 Å². The summed E-state index contributed by atoms with van der Waals surface area (Å²) in [7, 11) is 0. The van der Waals surface area contributed by atoms with Gasteiger partial charge in [-0.2, -0.15) is 0 Å². The Hall–Kier alpha value is -3.16. The second-order valence-electron chi connectivity index (χ2n) is 7.84. The van der Waals surface area contributed by atoms with Crippen LogP contribution in [0.15, 0.2) is 59.8 Å². The van der Waals surface area contributed by atoms with Gasteiger partial charge in [0.25, 0.3) is 5.91 Å². The van der Waals surface area contributed by atoms with Crippen LogP contribution in [0.25, 0.3) is 6.08 Å². The molecule has 0 aliphatic carbocycles. The molecule has 0 bridgehead atoms. The van der Waals surface area contributed by atoms with E-state index in [1.807, 2.05) is 24.3 Å². The lowest BCUT2D eigenvalue weighted by Gasteiger charge is -2.44. The number of hydroxylamine groups is 1. The van der Waals surface area contributed by atoms with Crippen LogP contribution in [0.2, 0.25) is 0 Å². The van der Waals surface area contributed by atoms with Crippen molar-refractivity contribution in [2.24, 2.45) is 5.16 Å². The molecule has 0 radical (unpaired) electrons. The van der Waals surface area contributed by atoms with Gasteiger partial charge < -0.3 is 9.94 Å². The van der Waals surface area contributed by atoms with E-state index in [9.17, 15) is 10.0 Å². The molecule has 0 atom stereocenters. The summed E-state index contributed by atoms with van der Waals surface area (Å²) in [4.78, 5) is 13.6. The zero-order valence-corrected chi connectivity index (χ0v) is 16.6. The van der Waals surface area contributed by atoms with Gasteiger partial charge in [0.15, 0.2) is 0 Å². The van der Waals surface area contributed by atoms with Crippen LogP contribution in [-0.4, -0.2) is 45.6 Å². The van der Waals surface area contributed by atoms with Gasteiger partial charge in [0, 0.05) is 50.5 Å². The third-order valence-corrected chi connectivity index (χ3v) is 5.80. The van der Waals surface area contributed by atoms with Crippen LogP contribution in [0, 0.1) is 0 Å². The molecule has 0 aromatic heterocycles. The van der Waals surface area contributed by atoms with E-state index in [1.165, 1.54) is 11.6 Å². The minimum atomic E-state index is -0.610. The van der Waals surface area contributed by atoms with E-state index in [1.54, 1.807) is 11.6 Å². The quantitative estimate of drug-likeness (QED) is 0.313. The Bertz CT molecular complexity index is 964. The Morgan fingerprint density at radius 2 is 1.97 bits per heavy atom. The predicted molar refractivity (Wildman–Crippen MR) is 113 cm³/mol. The molecule has 2 aliphatic rings. The normalized spacial score (nSPS) is 19.6. The summed E-state index contributed by atoms with van der Waals surface area (Å²) >= 11 is 0. The van der Waals surface area contributed by atoms with Gasteiger partial charge in [0.2, 0.25) is 0 Å². The number of amides is 1. The molecule has 1 saturated heterocycles. The molecule has 30 heavy (non-hydrogen) atoms. The second kappa shape index (κ2) is 8.69. The number of nitrogens with zero attached hydrogens (tertiary/aromatic N) is 2. The third-order valence-electron chi connectivity index (χ3n) is 5.80. The number of piperidine rings is 1. The van der Waals surface area contributed by atoms with Crippen molar-refractivity contribution in [3.05, 3.63) is 71.3 Å². The van der Waals surface area contributed by atoms with Crippen molar-refractivity contribution >= 4 is 17.7 Å². The van der Waals surface area contributed by atoms with E-state index in [2.05, 4.69) is 34.3 Å². The molecule has 2 aliphatic heterocycles. The SMILES string of the molecule is O=C(/C=C/c1ccc2c(c1)/C(=N/O)CC1(CCN(Cc3ccccc3)CC1)O2)NO. The van der Waals surface area contributed by atoms with Gasteiger partial charge in [-0.25, -0.2) is 5.48 Å². The molecule has 2 heterocycles. The Morgan fingerprint density at radius 1 is 1.20 bits per heavy atom. The molecule has 7 heteroatoms. The van der Waals surface area contributed by atoms with Crippen molar-refractivity contribution in [3.63, 3.8) is 0 Å². The summed E-state index contributed by atoms with van der Waals surface area (Å²) in [5.74, 6) is 0.0792. The molecule has 1 spiro atoms. The van der Waals surface area contributed by atoms with Crippen molar-refractivity contribution in [2.45, 2.75) is 31.4 Å². The number of hydrogen-bond acceptors (Lipinski definition) is 6. The molecule has 1 amide bonds. The maximum absolute atomic E-state index is 11.2. The monoisotopic (exact) mass is 407 g/mol. The number of oxime groups is 1. The average molecular weight is 407 g/mol. The minimum Gasteiger partial charge on any atom is -0.486 e. The maximum Gasteiger partial charge on any atom is 0.267 e. The highest BCUT2D eigenvalue weighted by Crippen LogP contribution is 2.40. The van der Waals surface area contributed by atoms with Gasteiger partial charge in [-0.05, 0) is 29.3 Å². The van der Waals surface area contributed by atoms with Crippen molar-refractivity contribution in [3.8, 4) is 5.75 Å². The maximum atomic E-state index is 11.2. The van der Waals surface area contributed by atoms with Crippen molar-refractivity contribution in [1.29, 1.82) is 0 Å². The van der Waals surface area contributed by atoms with Gasteiger partial charge in [0.05, 0.1) is 5.71 Å². The molecule has 0 saturated carbocycles. The van der Waals surface area contributed by atoms with Crippen molar-refractivity contribution in [2.75, 3.05) is 13.1 Å². The van der Waals surface area contributed by atoms with E-state index in [0.29, 0.717) is 17.9 Å². The van der Waals surface area contributed by atoms with Crippen LogP contribution in [0.5, 0.6) is 5.75 Å². The zero-order chi connectivity index (χ0) is 21.0. The highest BCUT2D eigenvalue weighted by Gasteiger charge is 2.42. The number of benzene rings is 2. The van der Waals surface area contributed by atoms with Crippen LogP contribution < -0.4 is 10.2 Å². The smallest absolute Gasteiger partial charge is 0.267 e. The Kier molecular flexibility index (Phi) is 5.83. The topological polar surface area (TPSA) is 94.4 Å². The number of rotatable bonds is 4. The van der Waals surface area contributed by atoms with Gasteiger partial charge >= 0.3 is 0 Å². The number of nitrogens with one attached hydrogen (secondary N) is 1. The molecule has 3 N–H and O–H groups in total. The van der Waals surface area contributed by atoms with Crippen molar-refractivity contribution in [1.82, 2.24) is 10.4 Å². The first-order valence-corrected chi connectivity index (χ1v) is 10.0. The van der Waals surface area contributed by atoms with Crippen LogP contribution in [0.1, 0.15) is 36.0 Å². The van der Waals surface area contributed by atoms with E-state index < -0.39 is 5.91 Å². The Labute approximate surface area is 175 Å². The number of ether oxygens (including phenoxy) is 1. The van der Waals surface area contributed by atoms with Crippen molar-refractivity contribution < 1.29 is 19.9 Å². The largest absolute Gasteiger partial charge is 0.486 e. The number of carbonyl (C=O) groups excluding carboxylic acids is 1. The summed E-state index contributed by atoms with van der Waals surface area (Å²) in [5, 5.41) is 21.8. The lowest BCUT2D eigenvalue weighted by atomic mass is 9.81. The van der Waals surface area contributed by atoms with Crippen LogP contribution in [0.3, 0.4) is 0 Å². The van der Waals surface area contributed by atoms with Gasteiger partial charge in [0.1, 0.15) is 11.4 Å². The fourth-order valence-electron chi connectivity index (χ4n) is 4.17. The molecular weight excluding hydrogens is 382 g/mol. The third kappa shape index (κ3) is 4.37. The Balaban J connectivity index is 1.47. The second-order valence-corrected chi connectivity index (χ2v) is 7.84. The summed E-state index contributed by atoms with van der Waals surface area (Å²) in [6.45, 7) is 2.76. The highest BCUT2D eigenvalue weighted by molar-refractivity contribution is 6.04. The first kappa shape index (κ1) is 20.1. The fourth-order valence-corrected chi connectivity index (χ4v) is 4.17. The summed E-state index contributed by atoms with van der Waals surface area (Å²) in [6, 6.07) is 15.9. The number of likely N-dealkylation sites (tertiary alicyclic amines) is 1. The fraction of sp³-hybridized carbons (Fsp3) is 0.304. The lowest BCUT2D eigenvalue weighted by Crippen LogP contribution is -2.50. The lowest BCUT2D eigenvalue weighted by molar-refractivity contribution is -0.124. The molecule has 2 aromatic carbocycles. The first-order valence-electron chi connectivity index (χ1n) is 10.0. The minimum absolute atomic E-state index is 0.365. The molecule has 7 nitrogen and oxygen atoms in total. The highest BCUT2D eigenvalue weighted by atomic mass is 16.5. The molecular formula is C23H25N3O4. The van der Waals surface area contributed by atoms with E-state index in [4.69, 9.17) is 9.94 Å². The van der Waals surface area contributed by atoms with E-state index >= 15 is 0 Å². The average Bonchev–Trinajstić information content (AvgIpc) is 2.79. The molecule has 156 valence electrons. The number of hydrogen-bond donors (Lipinski definition) is 3. The number of fused-ring (bicyclic) bond motifs is 1. The standard InChI is InChI=1S/C23H25N3O4/c27-22(25-29)9-7-17-6-8-21-19(14-17)20(24-28)15-23(30-21)10-12-26(13-11-23)16-18-4-2-1-3-5-18/h1-9,14,28-29H,10-13,15-16H2,(H,25,27)/b9-7+,24-20+. The van der Waals surface area contributed by atoms with Crippen LogP contribution >= 0.6 is 0 Å².